The highest BCUT2D eigenvalue weighted by atomic mass is 79.9. The zero-order chi connectivity index (χ0) is 11.0. The molecule has 0 aliphatic heterocycles. The van der Waals surface area contributed by atoms with Crippen molar-refractivity contribution < 1.29 is 4.79 Å². The number of rotatable bonds is 1. The molecule has 0 radical (unpaired) electrons. The largest absolute Gasteiger partial charge is 0.273 e. The lowest BCUT2D eigenvalue weighted by molar-refractivity contribution is 0.0926. The van der Waals surface area contributed by atoms with E-state index in [1.54, 1.807) is 0 Å². The fourth-order valence-electron chi connectivity index (χ4n) is 1.49. The Kier molecular flexibility index (Phi) is 2.93. The summed E-state index contributed by atoms with van der Waals surface area (Å²) in [5.41, 5.74) is 1.72. The van der Waals surface area contributed by atoms with Gasteiger partial charge in [-0.2, -0.15) is 9.78 Å². The van der Waals surface area contributed by atoms with Gasteiger partial charge in [0.25, 0.3) is 0 Å². The van der Waals surface area contributed by atoms with E-state index in [9.17, 15) is 4.79 Å². The summed E-state index contributed by atoms with van der Waals surface area (Å²) in [6.07, 6.45) is 0. The minimum Gasteiger partial charge on any atom is -0.273 e. The van der Waals surface area contributed by atoms with Crippen LogP contribution in [0.15, 0.2) is 22.7 Å². The van der Waals surface area contributed by atoms with E-state index < -0.39 is 0 Å². The number of alkyl halides is 1. The standard InChI is InChI=1S/C10H8Br2N2O/c1-6(15)14-10-4-7(12)2-3-8(10)9(5-11)13-14/h2-4H,5H2,1H3. The maximum absolute atomic E-state index is 11.4. The van der Waals surface area contributed by atoms with Crippen molar-refractivity contribution >= 4 is 48.7 Å². The highest BCUT2D eigenvalue weighted by Gasteiger charge is 2.12. The molecule has 0 saturated heterocycles. The van der Waals surface area contributed by atoms with Crippen LogP contribution < -0.4 is 0 Å². The Morgan fingerprint density at radius 2 is 2.27 bits per heavy atom. The summed E-state index contributed by atoms with van der Waals surface area (Å²) in [4.78, 5) is 11.4. The van der Waals surface area contributed by atoms with Gasteiger partial charge in [-0.05, 0) is 18.2 Å². The van der Waals surface area contributed by atoms with Gasteiger partial charge in [-0.15, -0.1) is 0 Å². The van der Waals surface area contributed by atoms with Crippen molar-refractivity contribution in [2.24, 2.45) is 0 Å². The molecule has 0 N–H and O–H groups in total. The number of nitrogens with zero attached hydrogens (tertiary/aromatic N) is 2. The molecule has 1 aromatic carbocycles. The molecule has 0 fully saturated rings. The number of carbonyl (C=O) groups excluding carboxylic acids is 1. The van der Waals surface area contributed by atoms with Crippen LogP contribution >= 0.6 is 31.9 Å². The SMILES string of the molecule is CC(=O)n1nc(CBr)c2ccc(Br)cc21. The highest BCUT2D eigenvalue weighted by molar-refractivity contribution is 9.10. The van der Waals surface area contributed by atoms with Gasteiger partial charge in [-0.3, -0.25) is 4.79 Å². The number of halogens is 2. The molecule has 15 heavy (non-hydrogen) atoms. The molecule has 2 aromatic rings. The van der Waals surface area contributed by atoms with Crippen molar-refractivity contribution in [3.8, 4) is 0 Å². The number of fused-ring (bicyclic) bond motifs is 1. The Morgan fingerprint density at radius 3 is 2.87 bits per heavy atom. The minimum absolute atomic E-state index is 0.0784. The molecule has 1 heterocycles. The Bertz CT molecular complexity index is 533. The summed E-state index contributed by atoms with van der Waals surface area (Å²) in [5.74, 6) is -0.0784. The first-order chi connectivity index (χ1) is 7.13. The molecule has 5 heteroatoms. The molecule has 0 aliphatic carbocycles. The second kappa shape index (κ2) is 4.06. The van der Waals surface area contributed by atoms with Gasteiger partial charge in [0.1, 0.15) is 0 Å². The average Bonchev–Trinajstić information content (AvgIpc) is 2.55. The van der Waals surface area contributed by atoms with Crippen LogP contribution in [0.5, 0.6) is 0 Å². The summed E-state index contributed by atoms with van der Waals surface area (Å²) in [5, 5.41) is 5.90. The maximum atomic E-state index is 11.4. The first kappa shape index (κ1) is 10.8. The number of benzene rings is 1. The van der Waals surface area contributed by atoms with Crippen molar-refractivity contribution in [3.05, 3.63) is 28.4 Å². The fourth-order valence-corrected chi connectivity index (χ4v) is 2.25. The molecular weight excluding hydrogens is 324 g/mol. The molecule has 3 nitrogen and oxygen atoms in total. The van der Waals surface area contributed by atoms with Crippen molar-refractivity contribution in [1.29, 1.82) is 0 Å². The third-order valence-electron chi connectivity index (χ3n) is 2.14. The minimum atomic E-state index is -0.0784. The number of aromatic nitrogens is 2. The second-order valence-electron chi connectivity index (χ2n) is 3.17. The molecule has 0 spiro atoms. The smallest absolute Gasteiger partial charge is 0.244 e. The van der Waals surface area contributed by atoms with Crippen molar-refractivity contribution in [1.82, 2.24) is 9.78 Å². The third-order valence-corrected chi connectivity index (χ3v) is 3.17. The lowest BCUT2D eigenvalue weighted by atomic mass is 10.2. The van der Waals surface area contributed by atoms with Crippen LogP contribution in [-0.2, 0) is 5.33 Å². The summed E-state index contributed by atoms with van der Waals surface area (Å²) < 4.78 is 2.37. The van der Waals surface area contributed by atoms with Gasteiger partial charge in [-0.25, -0.2) is 0 Å². The first-order valence-corrected chi connectivity index (χ1v) is 6.29. The Hall–Kier alpha value is -0.680. The van der Waals surface area contributed by atoms with Crippen LogP contribution in [-0.4, -0.2) is 15.7 Å². The van der Waals surface area contributed by atoms with E-state index in [0.717, 1.165) is 21.1 Å². The Labute approximate surface area is 104 Å². The van der Waals surface area contributed by atoms with Gasteiger partial charge < -0.3 is 0 Å². The number of carbonyl (C=O) groups is 1. The van der Waals surface area contributed by atoms with E-state index in [2.05, 4.69) is 37.0 Å². The van der Waals surface area contributed by atoms with Gasteiger partial charge in [0.2, 0.25) is 5.91 Å². The number of hydrogen-bond donors (Lipinski definition) is 0. The van der Waals surface area contributed by atoms with Crippen LogP contribution in [0.3, 0.4) is 0 Å². The molecule has 1 aromatic heterocycles. The molecule has 2 rings (SSSR count). The normalized spacial score (nSPS) is 10.9. The molecule has 0 bridgehead atoms. The lowest BCUT2D eigenvalue weighted by Crippen LogP contribution is -2.07. The quantitative estimate of drug-likeness (QED) is 0.751. The zero-order valence-corrected chi connectivity index (χ0v) is 11.2. The Balaban J connectivity index is 2.81. The second-order valence-corrected chi connectivity index (χ2v) is 4.65. The predicted octanol–water partition coefficient (Wildman–Crippen LogP) is 3.35. The monoisotopic (exact) mass is 330 g/mol. The summed E-state index contributed by atoms with van der Waals surface area (Å²) in [7, 11) is 0. The van der Waals surface area contributed by atoms with Gasteiger partial charge >= 0.3 is 0 Å². The van der Waals surface area contributed by atoms with Crippen LogP contribution in [0.25, 0.3) is 10.9 Å². The average molecular weight is 332 g/mol. The highest BCUT2D eigenvalue weighted by Crippen LogP contribution is 2.24. The third kappa shape index (κ3) is 1.86. The van der Waals surface area contributed by atoms with Gasteiger partial charge in [-0.1, -0.05) is 31.9 Å². The Morgan fingerprint density at radius 1 is 1.53 bits per heavy atom. The molecule has 0 amide bonds. The fraction of sp³-hybridized carbons (Fsp3) is 0.200. The summed E-state index contributed by atoms with van der Waals surface area (Å²) in [6.45, 7) is 1.51. The molecule has 0 unspecified atom stereocenters. The van der Waals surface area contributed by atoms with Gasteiger partial charge in [0.15, 0.2) is 0 Å². The first-order valence-electron chi connectivity index (χ1n) is 4.37. The maximum Gasteiger partial charge on any atom is 0.244 e. The van der Waals surface area contributed by atoms with E-state index in [-0.39, 0.29) is 5.91 Å². The van der Waals surface area contributed by atoms with Crippen LogP contribution in [0.1, 0.15) is 17.4 Å². The molecular formula is C10H8Br2N2O. The summed E-state index contributed by atoms with van der Waals surface area (Å²) in [6, 6.07) is 5.80. The molecule has 0 saturated carbocycles. The van der Waals surface area contributed by atoms with Gasteiger partial charge in [0.05, 0.1) is 11.2 Å². The van der Waals surface area contributed by atoms with Gasteiger partial charge in [0, 0.05) is 22.1 Å². The van der Waals surface area contributed by atoms with Crippen molar-refractivity contribution in [2.45, 2.75) is 12.3 Å². The van der Waals surface area contributed by atoms with Crippen LogP contribution in [0.2, 0.25) is 0 Å². The lowest BCUT2D eigenvalue weighted by Gasteiger charge is -1.96. The van der Waals surface area contributed by atoms with Crippen LogP contribution in [0.4, 0.5) is 0 Å². The number of hydrogen-bond acceptors (Lipinski definition) is 2. The topological polar surface area (TPSA) is 34.9 Å². The summed E-state index contributed by atoms with van der Waals surface area (Å²) >= 11 is 6.74. The van der Waals surface area contributed by atoms with E-state index in [1.165, 1.54) is 11.6 Å². The van der Waals surface area contributed by atoms with E-state index >= 15 is 0 Å². The zero-order valence-electron chi connectivity index (χ0n) is 8.00. The van der Waals surface area contributed by atoms with E-state index in [4.69, 9.17) is 0 Å². The van der Waals surface area contributed by atoms with E-state index in [1.807, 2.05) is 18.2 Å². The van der Waals surface area contributed by atoms with E-state index in [0.29, 0.717) is 5.33 Å². The van der Waals surface area contributed by atoms with Crippen LogP contribution in [0, 0.1) is 0 Å². The predicted molar refractivity (Wildman–Crippen MR) is 66.4 cm³/mol. The molecule has 0 aliphatic rings. The molecule has 78 valence electrons. The van der Waals surface area contributed by atoms with Crippen molar-refractivity contribution in [2.75, 3.05) is 0 Å². The molecule has 0 atom stereocenters. The van der Waals surface area contributed by atoms with Crippen molar-refractivity contribution in [3.63, 3.8) is 0 Å².